The van der Waals surface area contributed by atoms with E-state index in [1.807, 2.05) is 13.0 Å². The molecule has 0 aliphatic heterocycles. The number of benzene rings is 1. The quantitative estimate of drug-likeness (QED) is 0.893. The van der Waals surface area contributed by atoms with Crippen LogP contribution in [-0.2, 0) is 0 Å². The number of rotatable bonds is 3. The fraction of sp³-hybridized carbons (Fsp3) is 0.308. The van der Waals surface area contributed by atoms with Crippen LogP contribution >= 0.6 is 0 Å². The third-order valence-electron chi connectivity index (χ3n) is 3.04. The molecule has 1 amide bonds. The van der Waals surface area contributed by atoms with Crippen molar-refractivity contribution in [2.45, 2.75) is 19.4 Å². The van der Waals surface area contributed by atoms with E-state index in [4.69, 9.17) is 5.26 Å². The third-order valence-corrected chi connectivity index (χ3v) is 3.04. The van der Waals surface area contributed by atoms with Crippen LogP contribution < -0.4 is 0 Å². The number of carbonyl (C=O) groups excluding carboxylic acids is 1. The highest BCUT2D eigenvalue weighted by atomic mass is 16.2. The van der Waals surface area contributed by atoms with E-state index < -0.39 is 0 Å². The number of amides is 1. The largest absolute Gasteiger partial charge is 0.345 e. The third kappa shape index (κ3) is 2.18. The van der Waals surface area contributed by atoms with Crippen molar-refractivity contribution < 1.29 is 4.79 Å². The van der Waals surface area contributed by atoms with Crippen LogP contribution in [0.25, 0.3) is 11.0 Å². The molecule has 2 aromatic rings. The summed E-state index contributed by atoms with van der Waals surface area (Å²) in [7, 11) is 1.71. The van der Waals surface area contributed by atoms with E-state index >= 15 is 0 Å². The Morgan fingerprint density at radius 2 is 2.39 bits per heavy atom. The number of H-pyrrole nitrogens is 1. The summed E-state index contributed by atoms with van der Waals surface area (Å²) in [6.45, 7) is 1.86. The standard InChI is InChI=1S/C13H14N4O/c1-9(5-6-14)17(2)13(18)10-3-4-11-12(7-10)16-8-15-11/h3-4,7-9H,5H2,1-2H3,(H,15,16). The molecule has 0 saturated carbocycles. The van der Waals surface area contributed by atoms with Crippen LogP contribution in [0.5, 0.6) is 0 Å². The van der Waals surface area contributed by atoms with Gasteiger partial charge < -0.3 is 9.88 Å². The fourth-order valence-corrected chi connectivity index (χ4v) is 1.74. The SMILES string of the molecule is CC(CC#N)N(C)C(=O)c1ccc2nc[nH]c2c1. The molecule has 1 aromatic carbocycles. The highest BCUT2D eigenvalue weighted by molar-refractivity contribution is 5.97. The summed E-state index contributed by atoms with van der Waals surface area (Å²) >= 11 is 0. The van der Waals surface area contributed by atoms with Crippen molar-refractivity contribution in [3.05, 3.63) is 30.1 Å². The van der Waals surface area contributed by atoms with Crippen molar-refractivity contribution >= 4 is 16.9 Å². The van der Waals surface area contributed by atoms with Gasteiger partial charge in [0.05, 0.1) is 29.9 Å². The molecule has 1 heterocycles. The maximum Gasteiger partial charge on any atom is 0.253 e. The molecule has 1 atom stereocenters. The van der Waals surface area contributed by atoms with Gasteiger partial charge in [0.1, 0.15) is 0 Å². The van der Waals surface area contributed by atoms with E-state index in [0.29, 0.717) is 12.0 Å². The molecular formula is C13H14N4O. The van der Waals surface area contributed by atoms with Crippen LogP contribution in [0, 0.1) is 11.3 Å². The second kappa shape index (κ2) is 4.88. The minimum absolute atomic E-state index is 0.0887. The Bertz CT molecular complexity index is 611. The topological polar surface area (TPSA) is 72.8 Å². The molecule has 1 unspecified atom stereocenters. The first-order valence-corrected chi connectivity index (χ1v) is 5.70. The van der Waals surface area contributed by atoms with Gasteiger partial charge in [-0.05, 0) is 25.1 Å². The molecule has 18 heavy (non-hydrogen) atoms. The lowest BCUT2D eigenvalue weighted by Gasteiger charge is -2.22. The summed E-state index contributed by atoms with van der Waals surface area (Å²) in [4.78, 5) is 20.9. The lowest BCUT2D eigenvalue weighted by Crippen LogP contribution is -2.34. The zero-order valence-corrected chi connectivity index (χ0v) is 10.3. The van der Waals surface area contributed by atoms with E-state index in [1.165, 1.54) is 0 Å². The molecule has 0 aliphatic rings. The van der Waals surface area contributed by atoms with Gasteiger partial charge in [0.2, 0.25) is 0 Å². The maximum absolute atomic E-state index is 12.2. The van der Waals surface area contributed by atoms with E-state index in [9.17, 15) is 4.79 Å². The zero-order chi connectivity index (χ0) is 13.1. The number of hydrogen-bond acceptors (Lipinski definition) is 3. The van der Waals surface area contributed by atoms with Gasteiger partial charge in [-0.1, -0.05) is 0 Å². The van der Waals surface area contributed by atoms with Gasteiger partial charge in [0, 0.05) is 18.7 Å². The number of aromatic amines is 1. The van der Waals surface area contributed by atoms with E-state index in [2.05, 4.69) is 16.0 Å². The summed E-state index contributed by atoms with van der Waals surface area (Å²) in [5, 5.41) is 8.65. The van der Waals surface area contributed by atoms with Gasteiger partial charge in [-0.15, -0.1) is 0 Å². The second-order valence-electron chi connectivity index (χ2n) is 4.26. The van der Waals surface area contributed by atoms with Crippen molar-refractivity contribution in [1.29, 1.82) is 5.26 Å². The molecule has 5 heteroatoms. The first-order chi connectivity index (χ1) is 8.63. The smallest absolute Gasteiger partial charge is 0.253 e. The van der Waals surface area contributed by atoms with E-state index in [1.54, 1.807) is 30.4 Å². The van der Waals surface area contributed by atoms with E-state index in [0.717, 1.165) is 11.0 Å². The van der Waals surface area contributed by atoms with E-state index in [-0.39, 0.29) is 11.9 Å². The van der Waals surface area contributed by atoms with Crippen LogP contribution in [-0.4, -0.2) is 33.9 Å². The normalized spacial score (nSPS) is 12.1. The number of aromatic nitrogens is 2. The summed E-state index contributed by atoms with van der Waals surface area (Å²) in [5.74, 6) is -0.0887. The van der Waals surface area contributed by atoms with Crippen LogP contribution in [0.15, 0.2) is 24.5 Å². The first-order valence-electron chi connectivity index (χ1n) is 5.70. The molecule has 0 saturated heterocycles. The van der Waals surface area contributed by atoms with Crippen LogP contribution in [0.4, 0.5) is 0 Å². The molecule has 0 radical (unpaired) electrons. The summed E-state index contributed by atoms with van der Waals surface area (Å²) in [6.07, 6.45) is 1.93. The number of nitriles is 1. The van der Waals surface area contributed by atoms with Gasteiger partial charge in [-0.2, -0.15) is 5.26 Å². The van der Waals surface area contributed by atoms with Crippen LogP contribution in [0.2, 0.25) is 0 Å². The fourth-order valence-electron chi connectivity index (χ4n) is 1.74. The van der Waals surface area contributed by atoms with Gasteiger partial charge in [0.25, 0.3) is 5.91 Å². The predicted molar refractivity (Wildman–Crippen MR) is 67.9 cm³/mol. The Morgan fingerprint density at radius 1 is 1.61 bits per heavy atom. The first kappa shape index (κ1) is 12.1. The van der Waals surface area contributed by atoms with Crippen molar-refractivity contribution in [2.24, 2.45) is 0 Å². The Morgan fingerprint density at radius 3 is 3.11 bits per heavy atom. The lowest BCUT2D eigenvalue weighted by atomic mass is 10.1. The molecule has 1 aromatic heterocycles. The average Bonchev–Trinajstić information content (AvgIpc) is 2.84. The lowest BCUT2D eigenvalue weighted by molar-refractivity contribution is 0.0746. The molecule has 0 aliphatic carbocycles. The number of carbonyl (C=O) groups is 1. The zero-order valence-electron chi connectivity index (χ0n) is 10.3. The Labute approximate surface area is 105 Å². The minimum atomic E-state index is -0.0973. The molecule has 5 nitrogen and oxygen atoms in total. The molecule has 1 N–H and O–H groups in total. The molecule has 2 rings (SSSR count). The maximum atomic E-state index is 12.2. The Balaban J connectivity index is 2.25. The highest BCUT2D eigenvalue weighted by Crippen LogP contribution is 2.14. The molecule has 92 valence electrons. The van der Waals surface area contributed by atoms with Gasteiger partial charge in [-0.3, -0.25) is 4.79 Å². The van der Waals surface area contributed by atoms with Gasteiger partial charge in [0.15, 0.2) is 0 Å². The van der Waals surface area contributed by atoms with Crippen molar-refractivity contribution in [3.8, 4) is 6.07 Å². The Hall–Kier alpha value is -2.35. The van der Waals surface area contributed by atoms with Gasteiger partial charge in [-0.25, -0.2) is 4.98 Å². The number of fused-ring (bicyclic) bond motifs is 1. The molecule has 0 fully saturated rings. The highest BCUT2D eigenvalue weighted by Gasteiger charge is 2.17. The number of nitrogens with zero attached hydrogens (tertiary/aromatic N) is 3. The number of nitrogens with one attached hydrogen (secondary N) is 1. The molecular weight excluding hydrogens is 228 g/mol. The number of imidazole rings is 1. The van der Waals surface area contributed by atoms with Crippen molar-refractivity contribution in [3.63, 3.8) is 0 Å². The van der Waals surface area contributed by atoms with Crippen LogP contribution in [0.1, 0.15) is 23.7 Å². The minimum Gasteiger partial charge on any atom is -0.345 e. The monoisotopic (exact) mass is 242 g/mol. The van der Waals surface area contributed by atoms with Crippen LogP contribution in [0.3, 0.4) is 0 Å². The predicted octanol–water partition coefficient (Wildman–Crippen LogP) is 1.94. The van der Waals surface area contributed by atoms with Gasteiger partial charge >= 0.3 is 0 Å². The summed E-state index contributed by atoms with van der Waals surface area (Å²) in [6, 6.07) is 7.31. The van der Waals surface area contributed by atoms with Crippen molar-refractivity contribution in [2.75, 3.05) is 7.05 Å². The Kier molecular flexibility index (Phi) is 3.28. The summed E-state index contributed by atoms with van der Waals surface area (Å²) in [5.41, 5.74) is 2.26. The second-order valence-corrected chi connectivity index (χ2v) is 4.26. The summed E-state index contributed by atoms with van der Waals surface area (Å²) < 4.78 is 0. The molecule has 0 bridgehead atoms. The average molecular weight is 242 g/mol. The number of hydrogen-bond donors (Lipinski definition) is 1. The van der Waals surface area contributed by atoms with Crippen molar-refractivity contribution in [1.82, 2.24) is 14.9 Å². The molecule has 0 spiro atoms.